The molecule has 2 fully saturated rings. The molecule has 2 unspecified atom stereocenters. The molecule has 0 spiro atoms. The van der Waals surface area contributed by atoms with E-state index in [4.69, 9.17) is 0 Å². The number of rotatable bonds is 2. The number of fused-ring (bicyclic) bond motifs is 1. The van der Waals surface area contributed by atoms with Gasteiger partial charge in [0.05, 0.1) is 22.3 Å². The highest BCUT2D eigenvalue weighted by Gasteiger charge is 2.43. The van der Waals surface area contributed by atoms with E-state index in [2.05, 4.69) is 0 Å². The average molecular weight is 294 g/mol. The summed E-state index contributed by atoms with van der Waals surface area (Å²) in [7, 11) is 0. The molecule has 1 heterocycles. The first-order valence-electron chi connectivity index (χ1n) is 7.41. The molecule has 0 amide bonds. The highest BCUT2D eigenvalue weighted by Crippen LogP contribution is 2.41. The standard InChI is InChI=1S/C15H19FN2O3/c16-13-9-12(18(20)21)4-5-14(13)17-8-7-15(19)6-2-1-3-11(15)10-17/h4-5,9,11,19H,1-3,6-8,10H2. The second kappa shape index (κ2) is 5.26. The van der Waals surface area contributed by atoms with Crippen molar-refractivity contribution in [3.05, 3.63) is 34.1 Å². The molecule has 1 N–H and O–H groups in total. The van der Waals surface area contributed by atoms with Crippen molar-refractivity contribution in [2.45, 2.75) is 37.7 Å². The zero-order chi connectivity index (χ0) is 15.0. The van der Waals surface area contributed by atoms with Gasteiger partial charge >= 0.3 is 0 Å². The van der Waals surface area contributed by atoms with Crippen molar-refractivity contribution in [1.82, 2.24) is 0 Å². The second-order valence-electron chi connectivity index (χ2n) is 6.14. The van der Waals surface area contributed by atoms with Crippen LogP contribution in [-0.4, -0.2) is 28.7 Å². The maximum atomic E-state index is 14.1. The molecule has 0 aromatic heterocycles. The van der Waals surface area contributed by atoms with E-state index in [-0.39, 0.29) is 11.6 Å². The summed E-state index contributed by atoms with van der Waals surface area (Å²) in [5, 5.41) is 21.3. The Kier molecular flexibility index (Phi) is 3.57. The summed E-state index contributed by atoms with van der Waals surface area (Å²) in [4.78, 5) is 12.0. The first kappa shape index (κ1) is 14.3. The number of nitro benzene ring substituents is 1. The van der Waals surface area contributed by atoms with Gasteiger partial charge in [0.25, 0.3) is 5.69 Å². The van der Waals surface area contributed by atoms with Crippen LogP contribution in [0.3, 0.4) is 0 Å². The molecular formula is C15H19FN2O3. The Balaban J connectivity index is 1.81. The lowest BCUT2D eigenvalue weighted by Crippen LogP contribution is -2.53. The van der Waals surface area contributed by atoms with E-state index in [1.165, 1.54) is 12.1 Å². The number of anilines is 1. The predicted molar refractivity (Wildman–Crippen MR) is 76.8 cm³/mol. The molecule has 1 aliphatic heterocycles. The normalized spacial score (nSPS) is 29.0. The Hall–Kier alpha value is -1.69. The molecule has 6 heteroatoms. The van der Waals surface area contributed by atoms with Gasteiger partial charge in [0, 0.05) is 25.1 Å². The van der Waals surface area contributed by atoms with Gasteiger partial charge in [-0.25, -0.2) is 4.39 Å². The van der Waals surface area contributed by atoms with E-state index in [0.717, 1.165) is 31.7 Å². The monoisotopic (exact) mass is 294 g/mol. The third kappa shape index (κ3) is 2.60. The summed E-state index contributed by atoms with van der Waals surface area (Å²) in [6.45, 7) is 1.20. The van der Waals surface area contributed by atoms with Gasteiger partial charge in [-0.1, -0.05) is 12.8 Å². The zero-order valence-corrected chi connectivity index (χ0v) is 11.8. The van der Waals surface area contributed by atoms with Crippen molar-refractivity contribution in [1.29, 1.82) is 0 Å². The minimum atomic E-state index is -0.605. The summed E-state index contributed by atoms with van der Waals surface area (Å²) >= 11 is 0. The second-order valence-corrected chi connectivity index (χ2v) is 6.14. The van der Waals surface area contributed by atoms with Crippen molar-refractivity contribution in [3.63, 3.8) is 0 Å². The summed E-state index contributed by atoms with van der Waals surface area (Å²) < 4.78 is 14.1. The van der Waals surface area contributed by atoms with Gasteiger partial charge in [-0.3, -0.25) is 10.1 Å². The number of nitro groups is 1. The van der Waals surface area contributed by atoms with Crippen molar-refractivity contribution < 1.29 is 14.4 Å². The first-order valence-corrected chi connectivity index (χ1v) is 7.41. The molecule has 1 saturated carbocycles. The Labute approximate surface area is 122 Å². The van der Waals surface area contributed by atoms with Gasteiger partial charge in [0.15, 0.2) is 5.82 Å². The lowest BCUT2D eigenvalue weighted by molar-refractivity contribution is -0.385. The van der Waals surface area contributed by atoms with E-state index in [1.54, 1.807) is 0 Å². The van der Waals surface area contributed by atoms with Gasteiger partial charge in [-0.2, -0.15) is 0 Å². The highest BCUT2D eigenvalue weighted by atomic mass is 19.1. The molecule has 2 atom stereocenters. The molecule has 2 aliphatic rings. The largest absolute Gasteiger partial charge is 0.389 e. The minimum Gasteiger partial charge on any atom is -0.389 e. The van der Waals surface area contributed by atoms with Crippen LogP contribution in [-0.2, 0) is 0 Å². The molecule has 3 rings (SSSR count). The smallest absolute Gasteiger partial charge is 0.272 e. The van der Waals surface area contributed by atoms with Crippen LogP contribution in [0, 0.1) is 21.8 Å². The van der Waals surface area contributed by atoms with Gasteiger partial charge in [-0.15, -0.1) is 0 Å². The number of piperidine rings is 1. The third-order valence-electron chi connectivity index (χ3n) is 4.91. The summed E-state index contributed by atoms with van der Waals surface area (Å²) in [6.07, 6.45) is 4.58. The molecule has 5 nitrogen and oxygen atoms in total. The van der Waals surface area contributed by atoms with Gasteiger partial charge in [0.2, 0.25) is 0 Å². The Morgan fingerprint density at radius 3 is 2.90 bits per heavy atom. The fourth-order valence-corrected chi connectivity index (χ4v) is 3.66. The van der Waals surface area contributed by atoms with Crippen molar-refractivity contribution in [3.8, 4) is 0 Å². The molecule has 0 radical (unpaired) electrons. The average Bonchev–Trinajstić information content (AvgIpc) is 2.46. The zero-order valence-electron chi connectivity index (χ0n) is 11.8. The van der Waals surface area contributed by atoms with E-state index >= 15 is 0 Å². The topological polar surface area (TPSA) is 66.6 Å². The molecule has 1 aromatic carbocycles. The lowest BCUT2D eigenvalue weighted by Gasteiger charge is -2.48. The Morgan fingerprint density at radius 2 is 2.19 bits per heavy atom. The molecule has 21 heavy (non-hydrogen) atoms. The molecular weight excluding hydrogens is 275 g/mol. The van der Waals surface area contributed by atoms with Crippen molar-refractivity contribution in [2.24, 2.45) is 5.92 Å². The SMILES string of the molecule is O=[N+]([O-])c1ccc(N2CCC3(O)CCCCC3C2)c(F)c1. The number of hydrogen-bond acceptors (Lipinski definition) is 4. The van der Waals surface area contributed by atoms with Crippen LogP contribution in [0.1, 0.15) is 32.1 Å². The van der Waals surface area contributed by atoms with Crippen LogP contribution in [0.15, 0.2) is 18.2 Å². The van der Waals surface area contributed by atoms with Crippen LogP contribution in [0.4, 0.5) is 15.8 Å². The van der Waals surface area contributed by atoms with Gasteiger partial charge < -0.3 is 10.0 Å². The highest BCUT2D eigenvalue weighted by molar-refractivity contribution is 5.53. The Morgan fingerprint density at radius 1 is 1.38 bits per heavy atom. The molecule has 1 saturated heterocycles. The summed E-state index contributed by atoms with van der Waals surface area (Å²) in [6, 6.07) is 3.78. The minimum absolute atomic E-state index is 0.162. The number of benzene rings is 1. The van der Waals surface area contributed by atoms with E-state index in [9.17, 15) is 19.6 Å². The first-order chi connectivity index (χ1) is 9.99. The van der Waals surface area contributed by atoms with E-state index in [1.807, 2.05) is 4.90 Å². The predicted octanol–water partition coefficient (Wildman–Crippen LogP) is 2.87. The van der Waals surface area contributed by atoms with Crippen molar-refractivity contribution >= 4 is 11.4 Å². The molecule has 1 aromatic rings. The quantitative estimate of drug-likeness (QED) is 0.673. The number of aliphatic hydroxyl groups is 1. The van der Waals surface area contributed by atoms with Gasteiger partial charge in [0.1, 0.15) is 0 Å². The fourth-order valence-electron chi connectivity index (χ4n) is 3.66. The maximum absolute atomic E-state index is 14.1. The Bertz CT molecular complexity index is 566. The number of halogens is 1. The summed E-state index contributed by atoms with van der Waals surface area (Å²) in [5.41, 5.74) is -0.443. The van der Waals surface area contributed by atoms with E-state index in [0.29, 0.717) is 25.2 Å². The van der Waals surface area contributed by atoms with Crippen LogP contribution < -0.4 is 4.90 Å². The van der Waals surface area contributed by atoms with Crippen molar-refractivity contribution in [2.75, 3.05) is 18.0 Å². The molecule has 1 aliphatic carbocycles. The molecule has 0 bridgehead atoms. The molecule has 114 valence electrons. The lowest BCUT2D eigenvalue weighted by atomic mass is 9.71. The van der Waals surface area contributed by atoms with Crippen LogP contribution in [0.2, 0.25) is 0 Å². The van der Waals surface area contributed by atoms with Crippen LogP contribution in [0.25, 0.3) is 0 Å². The maximum Gasteiger partial charge on any atom is 0.272 e. The number of non-ortho nitro benzene ring substituents is 1. The fraction of sp³-hybridized carbons (Fsp3) is 0.600. The van der Waals surface area contributed by atoms with E-state index < -0.39 is 16.3 Å². The van der Waals surface area contributed by atoms with Crippen LogP contribution in [0.5, 0.6) is 0 Å². The third-order valence-corrected chi connectivity index (χ3v) is 4.91. The number of nitrogens with zero attached hydrogens (tertiary/aromatic N) is 2. The van der Waals surface area contributed by atoms with Gasteiger partial charge in [-0.05, 0) is 25.3 Å². The number of hydrogen-bond donors (Lipinski definition) is 1. The van der Waals surface area contributed by atoms with Crippen LogP contribution >= 0.6 is 0 Å². The summed E-state index contributed by atoms with van der Waals surface area (Å²) in [5.74, 6) is -0.403.